The van der Waals surface area contributed by atoms with Crippen molar-refractivity contribution in [2.75, 3.05) is 0 Å². The van der Waals surface area contributed by atoms with Gasteiger partial charge in [-0.25, -0.2) is 0 Å². The maximum Gasteiger partial charge on any atom is 0.127 e. The second kappa shape index (κ2) is 6.45. The first-order valence-electron chi connectivity index (χ1n) is 7.52. The summed E-state index contributed by atoms with van der Waals surface area (Å²) in [5.74, 6) is 0. The lowest BCUT2D eigenvalue weighted by Gasteiger charge is -2.10. The summed E-state index contributed by atoms with van der Waals surface area (Å²) in [6.45, 7) is 4.11. The lowest BCUT2D eigenvalue weighted by molar-refractivity contribution is 0.853. The average Bonchev–Trinajstić information content (AvgIpc) is 2.96. The number of hydrogen-bond donors (Lipinski definition) is 2. The molecule has 4 nitrogen and oxygen atoms in total. The summed E-state index contributed by atoms with van der Waals surface area (Å²) in [5, 5.41) is 12.4. The van der Waals surface area contributed by atoms with Crippen molar-refractivity contribution in [2.24, 2.45) is 5.73 Å². The standard InChI is InChI=1S/C18H18N4S/c1-3-15-9-14(7-11(2)21-15)17-16(22-18(20)23-17)13-6-4-5-12(8-13)10-19/h4-9,18,22H,3,20H2,1-2H3. The van der Waals surface area contributed by atoms with Crippen LogP contribution in [0.15, 0.2) is 36.4 Å². The van der Waals surface area contributed by atoms with E-state index in [1.54, 1.807) is 17.8 Å². The van der Waals surface area contributed by atoms with Gasteiger partial charge in [-0.3, -0.25) is 4.98 Å². The highest BCUT2D eigenvalue weighted by molar-refractivity contribution is 8.09. The van der Waals surface area contributed by atoms with Crippen molar-refractivity contribution in [3.05, 3.63) is 64.5 Å². The van der Waals surface area contributed by atoms with Crippen molar-refractivity contribution < 1.29 is 0 Å². The fourth-order valence-corrected chi connectivity index (χ4v) is 3.62. The number of rotatable bonds is 3. The quantitative estimate of drug-likeness (QED) is 0.907. The minimum absolute atomic E-state index is 0.190. The van der Waals surface area contributed by atoms with Gasteiger partial charge in [-0.15, -0.1) is 0 Å². The summed E-state index contributed by atoms with van der Waals surface area (Å²) in [5.41, 5.74) is 11.7. The number of hydrogen-bond acceptors (Lipinski definition) is 5. The molecule has 2 heterocycles. The first kappa shape index (κ1) is 15.6. The summed E-state index contributed by atoms with van der Waals surface area (Å²) >= 11 is 1.60. The largest absolute Gasteiger partial charge is 0.360 e. The van der Waals surface area contributed by atoms with Crippen LogP contribution in [0.2, 0.25) is 0 Å². The van der Waals surface area contributed by atoms with Crippen molar-refractivity contribution >= 4 is 22.4 Å². The Morgan fingerprint density at radius 1 is 1.30 bits per heavy atom. The molecule has 116 valence electrons. The molecule has 0 spiro atoms. The van der Waals surface area contributed by atoms with Gasteiger partial charge in [-0.05, 0) is 43.2 Å². The number of nitrogens with one attached hydrogen (secondary N) is 1. The Bertz CT molecular complexity index is 820. The van der Waals surface area contributed by atoms with Gasteiger partial charge in [0.1, 0.15) is 5.50 Å². The predicted octanol–water partition coefficient (Wildman–Crippen LogP) is 3.23. The number of benzene rings is 1. The summed E-state index contributed by atoms with van der Waals surface area (Å²) in [7, 11) is 0. The molecule has 1 unspecified atom stereocenters. The first-order valence-corrected chi connectivity index (χ1v) is 8.40. The first-order chi connectivity index (χ1) is 11.1. The molecule has 23 heavy (non-hydrogen) atoms. The van der Waals surface area contributed by atoms with Gasteiger partial charge in [0, 0.05) is 21.9 Å². The number of thioether (sulfide) groups is 1. The van der Waals surface area contributed by atoms with Crippen LogP contribution in [0.3, 0.4) is 0 Å². The molecule has 0 amide bonds. The van der Waals surface area contributed by atoms with Gasteiger partial charge < -0.3 is 11.1 Å². The van der Waals surface area contributed by atoms with Crippen LogP contribution in [0, 0.1) is 18.3 Å². The van der Waals surface area contributed by atoms with Gasteiger partial charge in [0.05, 0.1) is 17.3 Å². The van der Waals surface area contributed by atoms with E-state index in [9.17, 15) is 0 Å². The third-order valence-electron chi connectivity index (χ3n) is 3.67. The van der Waals surface area contributed by atoms with Crippen LogP contribution >= 0.6 is 11.8 Å². The zero-order valence-electron chi connectivity index (χ0n) is 13.1. The number of aromatic nitrogens is 1. The molecule has 0 saturated heterocycles. The zero-order chi connectivity index (χ0) is 16.4. The second-order valence-corrected chi connectivity index (χ2v) is 6.57. The Morgan fingerprint density at radius 2 is 2.13 bits per heavy atom. The van der Waals surface area contributed by atoms with E-state index >= 15 is 0 Å². The van der Waals surface area contributed by atoms with Crippen LogP contribution in [0.25, 0.3) is 10.6 Å². The molecule has 0 radical (unpaired) electrons. The molecule has 1 aliphatic heterocycles. The van der Waals surface area contributed by atoms with Gasteiger partial charge in [0.15, 0.2) is 0 Å². The molecule has 3 N–H and O–H groups in total. The Kier molecular flexibility index (Phi) is 4.37. The molecule has 1 aromatic heterocycles. The molecule has 1 atom stereocenters. The molecule has 0 bridgehead atoms. The molecular weight excluding hydrogens is 304 g/mol. The monoisotopic (exact) mass is 322 g/mol. The van der Waals surface area contributed by atoms with E-state index in [2.05, 4.69) is 35.4 Å². The van der Waals surface area contributed by atoms with Crippen LogP contribution in [-0.4, -0.2) is 10.5 Å². The molecule has 3 rings (SSSR count). The molecule has 1 aromatic carbocycles. The molecule has 2 aromatic rings. The molecule has 0 saturated carbocycles. The van der Waals surface area contributed by atoms with E-state index in [1.807, 2.05) is 25.1 Å². The fraction of sp³-hybridized carbons (Fsp3) is 0.222. The van der Waals surface area contributed by atoms with Gasteiger partial charge in [-0.1, -0.05) is 30.8 Å². The maximum absolute atomic E-state index is 9.12. The van der Waals surface area contributed by atoms with Crippen molar-refractivity contribution in [1.29, 1.82) is 5.26 Å². The molecule has 0 aliphatic carbocycles. The van der Waals surface area contributed by atoms with Gasteiger partial charge >= 0.3 is 0 Å². The summed E-state index contributed by atoms with van der Waals surface area (Å²) in [6.07, 6.45) is 0.894. The molecule has 0 fully saturated rings. The van der Waals surface area contributed by atoms with Crippen LogP contribution in [-0.2, 0) is 6.42 Å². The normalized spacial score (nSPS) is 17.0. The van der Waals surface area contributed by atoms with Crippen LogP contribution in [0.5, 0.6) is 0 Å². The van der Waals surface area contributed by atoms with E-state index in [1.165, 1.54) is 0 Å². The number of pyridine rings is 1. The highest BCUT2D eigenvalue weighted by atomic mass is 32.2. The Hall–Kier alpha value is -2.29. The lowest BCUT2D eigenvalue weighted by atomic mass is 10.0. The number of aryl methyl sites for hydroxylation is 2. The molecule has 1 aliphatic rings. The Balaban J connectivity index is 2.13. The minimum atomic E-state index is -0.190. The number of nitrogens with zero attached hydrogens (tertiary/aromatic N) is 2. The van der Waals surface area contributed by atoms with Crippen LogP contribution in [0.4, 0.5) is 0 Å². The fourth-order valence-electron chi connectivity index (χ4n) is 2.64. The third-order valence-corrected chi connectivity index (χ3v) is 4.72. The van der Waals surface area contributed by atoms with Crippen LogP contribution < -0.4 is 11.1 Å². The Morgan fingerprint density at radius 3 is 2.87 bits per heavy atom. The Labute approximate surface area is 140 Å². The zero-order valence-corrected chi connectivity index (χ0v) is 13.9. The second-order valence-electron chi connectivity index (χ2n) is 5.42. The van der Waals surface area contributed by atoms with Crippen molar-refractivity contribution in [2.45, 2.75) is 25.8 Å². The predicted molar refractivity (Wildman–Crippen MR) is 95.0 cm³/mol. The summed E-state index contributed by atoms with van der Waals surface area (Å²) in [6, 6.07) is 14.0. The summed E-state index contributed by atoms with van der Waals surface area (Å²) < 4.78 is 0. The van der Waals surface area contributed by atoms with E-state index in [4.69, 9.17) is 11.0 Å². The average molecular weight is 322 g/mol. The maximum atomic E-state index is 9.12. The van der Waals surface area contributed by atoms with Crippen LogP contribution in [0.1, 0.15) is 35.0 Å². The SMILES string of the molecule is CCc1cc(C2=C(c3cccc(C#N)c3)NC(N)S2)cc(C)n1. The lowest BCUT2D eigenvalue weighted by Crippen LogP contribution is -2.28. The highest BCUT2D eigenvalue weighted by Gasteiger charge is 2.24. The van der Waals surface area contributed by atoms with Crippen molar-refractivity contribution in [1.82, 2.24) is 10.3 Å². The topological polar surface area (TPSA) is 74.7 Å². The molecular formula is C18H18N4S. The van der Waals surface area contributed by atoms with E-state index in [0.29, 0.717) is 5.56 Å². The van der Waals surface area contributed by atoms with Crippen molar-refractivity contribution in [3.63, 3.8) is 0 Å². The highest BCUT2D eigenvalue weighted by Crippen LogP contribution is 2.41. The van der Waals surface area contributed by atoms with E-state index in [0.717, 1.165) is 39.5 Å². The summed E-state index contributed by atoms with van der Waals surface area (Å²) in [4.78, 5) is 5.65. The molecule has 5 heteroatoms. The number of nitrogens with two attached hydrogens (primary N) is 1. The van der Waals surface area contributed by atoms with Gasteiger partial charge in [0.2, 0.25) is 0 Å². The smallest absolute Gasteiger partial charge is 0.127 e. The minimum Gasteiger partial charge on any atom is -0.360 e. The van der Waals surface area contributed by atoms with E-state index < -0.39 is 0 Å². The number of nitriles is 1. The van der Waals surface area contributed by atoms with Crippen molar-refractivity contribution in [3.8, 4) is 6.07 Å². The van der Waals surface area contributed by atoms with Gasteiger partial charge in [-0.2, -0.15) is 5.26 Å². The van der Waals surface area contributed by atoms with Gasteiger partial charge in [0.25, 0.3) is 0 Å². The third kappa shape index (κ3) is 3.24. The van der Waals surface area contributed by atoms with E-state index in [-0.39, 0.29) is 5.50 Å².